The quantitative estimate of drug-likeness (QED) is 0.595. The van der Waals surface area contributed by atoms with Gasteiger partial charge in [0, 0.05) is 7.05 Å². The van der Waals surface area contributed by atoms with Gasteiger partial charge in [0.1, 0.15) is 9.93 Å². The van der Waals surface area contributed by atoms with Crippen molar-refractivity contribution in [2.45, 2.75) is 44.5 Å². The summed E-state index contributed by atoms with van der Waals surface area (Å²) >= 11 is 3.21. The van der Waals surface area contributed by atoms with Gasteiger partial charge in [0.05, 0.1) is 0 Å². The summed E-state index contributed by atoms with van der Waals surface area (Å²) in [6.07, 6.45) is -0.653. The number of alkyl halides is 1. The Balaban J connectivity index is 4.32. The van der Waals surface area contributed by atoms with Crippen LogP contribution in [0, 0.1) is 0 Å². The number of hydrogen-bond donors (Lipinski definition) is 1. The molecule has 0 spiro atoms. The van der Waals surface area contributed by atoms with Gasteiger partial charge in [-0.1, -0.05) is 15.9 Å². The minimum atomic E-state index is -0.725. The Morgan fingerprint density at radius 2 is 1.62 bits per heavy atom. The molecule has 0 heterocycles. The molecule has 5 nitrogen and oxygen atoms in total. The second-order valence-corrected chi connectivity index (χ2v) is 6.93. The van der Waals surface area contributed by atoms with Gasteiger partial charge in [0.15, 0.2) is 0 Å². The van der Waals surface area contributed by atoms with Gasteiger partial charge in [-0.05, 0) is 34.6 Å². The maximum Gasteiger partial charge on any atom is 0.426 e. The van der Waals surface area contributed by atoms with Crippen molar-refractivity contribution in [3.05, 3.63) is 0 Å². The van der Waals surface area contributed by atoms with Gasteiger partial charge >= 0.3 is 6.09 Å². The van der Waals surface area contributed by atoms with Crippen molar-refractivity contribution in [2.75, 3.05) is 7.05 Å². The van der Waals surface area contributed by atoms with Crippen LogP contribution in [0.3, 0.4) is 0 Å². The molecule has 0 saturated carbocycles. The summed E-state index contributed by atoms with van der Waals surface area (Å²) in [5.41, 5.74) is 1.75. The van der Waals surface area contributed by atoms with Crippen molar-refractivity contribution in [3.8, 4) is 0 Å². The minimum absolute atomic E-state index is 0.265. The molecule has 1 N–H and O–H groups in total. The average molecular weight is 295 g/mol. The van der Waals surface area contributed by atoms with Crippen LogP contribution in [0.15, 0.2) is 0 Å². The van der Waals surface area contributed by atoms with E-state index >= 15 is 0 Å². The van der Waals surface area contributed by atoms with E-state index in [9.17, 15) is 9.59 Å². The van der Waals surface area contributed by atoms with Crippen molar-refractivity contribution in [1.82, 2.24) is 10.4 Å². The first kappa shape index (κ1) is 15.2. The van der Waals surface area contributed by atoms with Gasteiger partial charge in [-0.3, -0.25) is 9.80 Å². The number of carbonyl (C=O) groups is 2. The van der Waals surface area contributed by atoms with Crippen LogP contribution in [0.5, 0.6) is 0 Å². The Morgan fingerprint density at radius 3 is 1.94 bits per heavy atom. The second-order valence-electron chi connectivity index (χ2n) is 4.95. The molecule has 6 heteroatoms. The van der Waals surface area contributed by atoms with E-state index in [-0.39, 0.29) is 5.91 Å². The lowest BCUT2D eigenvalue weighted by Crippen LogP contribution is -2.50. The first-order valence-electron chi connectivity index (χ1n) is 4.90. The van der Waals surface area contributed by atoms with E-state index in [2.05, 4.69) is 21.4 Å². The normalized spacial score (nSPS) is 11.9. The highest BCUT2D eigenvalue weighted by atomic mass is 79.9. The molecule has 0 aliphatic heterocycles. The van der Waals surface area contributed by atoms with Crippen molar-refractivity contribution < 1.29 is 14.3 Å². The van der Waals surface area contributed by atoms with Gasteiger partial charge in [0.2, 0.25) is 0 Å². The summed E-state index contributed by atoms with van der Waals surface area (Å²) in [7, 11) is 1.47. The third-order valence-corrected chi connectivity index (χ3v) is 1.81. The zero-order valence-electron chi connectivity index (χ0n) is 10.5. The lowest BCUT2D eigenvalue weighted by molar-refractivity contribution is -0.134. The number of amides is 2. The van der Waals surface area contributed by atoms with Crippen LogP contribution in [-0.4, -0.2) is 34.0 Å². The maximum absolute atomic E-state index is 11.7. The van der Waals surface area contributed by atoms with Gasteiger partial charge < -0.3 is 4.74 Å². The molecule has 0 rings (SSSR count). The zero-order valence-corrected chi connectivity index (χ0v) is 12.1. The second kappa shape index (κ2) is 5.03. The maximum atomic E-state index is 11.7. The molecule has 0 radical (unpaired) electrons. The van der Waals surface area contributed by atoms with Crippen LogP contribution in [0.2, 0.25) is 0 Å². The number of nitrogens with zero attached hydrogens (tertiary/aromatic N) is 1. The lowest BCUT2D eigenvalue weighted by Gasteiger charge is -2.26. The fourth-order valence-corrected chi connectivity index (χ4v) is 1.15. The standard InChI is InChI=1S/C10H19BrN2O3/c1-9(2,3)16-8(15)12-13(6)7(14)10(4,5)11/h1-6H3,(H,12,15). The molecule has 0 fully saturated rings. The topological polar surface area (TPSA) is 58.6 Å². The Morgan fingerprint density at radius 1 is 1.19 bits per heavy atom. The number of rotatable bonds is 1. The third kappa shape index (κ3) is 5.95. The Kier molecular flexibility index (Phi) is 4.79. The van der Waals surface area contributed by atoms with Gasteiger partial charge in [-0.15, -0.1) is 0 Å². The van der Waals surface area contributed by atoms with E-state index in [0.29, 0.717) is 0 Å². The number of hydrogen-bond acceptors (Lipinski definition) is 3. The van der Waals surface area contributed by atoms with Crippen LogP contribution in [0.25, 0.3) is 0 Å². The molecule has 0 aromatic carbocycles. The molecule has 94 valence electrons. The van der Waals surface area contributed by atoms with Crippen molar-refractivity contribution in [1.29, 1.82) is 0 Å². The zero-order chi connectivity index (χ0) is 13.1. The summed E-state index contributed by atoms with van der Waals surface area (Å²) in [5, 5.41) is 1.10. The van der Waals surface area contributed by atoms with E-state index in [1.54, 1.807) is 34.6 Å². The highest BCUT2D eigenvalue weighted by Crippen LogP contribution is 2.17. The summed E-state index contributed by atoms with van der Waals surface area (Å²) in [5.74, 6) is -0.265. The lowest BCUT2D eigenvalue weighted by atomic mass is 10.2. The first-order valence-corrected chi connectivity index (χ1v) is 5.69. The van der Waals surface area contributed by atoms with E-state index in [1.807, 2.05) is 0 Å². The molecular weight excluding hydrogens is 276 g/mol. The molecular formula is C10H19BrN2O3. The van der Waals surface area contributed by atoms with Crippen molar-refractivity contribution in [2.24, 2.45) is 0 Å². The monoisotopic (exact) mass is 294 g/mol. The third-order valence-electron chi connectivity index (χ3n) is 1.47. The number of carbonyl (C=O) groups excluding carboxylic acids is 2. The fraction of sp³-hybridized carbons (Fsp3) is 0.800. The van der Waals surface area contributed by atoms with Crippen LogP contribution >= 0.6 is 15.9 Å². The van der Waals surface area contributed by atoms with Gasteiger partial charge in [0.25, 0.3) is 5.91 Å². The predicted molar refractivity (Wildman–Crippen MR) is 65.1 cm³/mol. The van der Waals surface area contributed by atoms with E-state index in [0.717, 1.165) is 5.01 Å². The molecule has 0 aromatic heterocycles. The largest absolute Gasteiger partial charge is 0.443 e. The molecule has 2 amide bonds. The Hall–Kier alpha value is -0.780. The van der Waals surface area contributed by atoms with Crippen LogP contribution in [-0.2, 0) is 9.53 Å². The molecule has 0 saturated heterocycles. The summed E-state index contributed by atoms with van der Waals surface area (Å²) in [4.78, 5) is 23.0. The smallest absolute Gasteiger partial charge is 0.426 e. The van der Waals surface area contributed by atoms with Crippen LogP contribution in [0.4, 0.5) is 4.79 Å². The average Bonchev–Trinajstić information content (AvgIpc) is 1.96. The highest BCUT2D eigenvalue weighted by molar-refractivity contribution is 9.10. The molecule has 0 aliphatic carbocycles. The predicted octanol–water partition coefficient (Wildman–Crippen LogP) is 2.06. The van der Waals surface area contributed by atoms with Gasteiger partial charge in [-0.2, -0.15) is 0 Å². The summed E-state index contributed by atoms with van der Waals surface area (Å²) in [6.45, 7) is 8.65. The Bertz CT molecular complexity index is 279. The molecule has 0 aromatic rings. The van der Waals surface area contributed by atoms with E-state index in [1.165, 1.54) is 7.05 Å². The number of hydrazine groups is 1. The van der Waals surface area contributed by atoms with Gasteiger partial charge in [-0.25, -0.2) is 10.2 Å². The number of ether oxygens (including phenoxy) is 1. The molecule has 0 unspecified atom stereocenters. The number of nitrogens with one attached hydrogen (secondary N) is 1. The van der Waals surface area contributed by atoms with E-state index in [4.69, 9.17) is 4.74 Å². The first-order chi connectivity index (χ1) is 6.93. The SMILES string of the molecule is CN(NC(=O)OC(C)(C)C)C(=O)C(C)(C)Br. The van der Waals surface area contributed by atoms with Crippen molar-refractivity contribution in [3.63, 3.8) is 0 Å². The number of halogens is 1. The highest BCUT2D eigenvalue weighted by Gasteiger charge is 2.29. The van der Waals surface area contributed by atoms with Crippen molar-refractivity contribution >= 4 is 27.9 Å². The summed E-state index contributed by atoms with van der Waals surface area (Å²) in [6, 6.07) is 0. The Labute approximate surface area is 105 Å². The minimum Gasteiger partial charge on any atom is -0.443 e. The molecule has 0 bridgehead atoms. The molecule has 0 aliphatic rings. The van der Waals surface area contributed by atoms with Crippen LogP contribution in [0.1, 0.15) is 34.6 Å². The molecule has 0 atom stereocenters. The van der Waals surface area contributed by atoms with E-state index < -0.39 is 16.0 Å². The fourth-order valence-electron chi connectivity index (χ4n) is 0.887. The molecule has 16 heavy (non-hydrogen) atoms. The summed E-state index contributed by atoms with van der Waals surface area (Å²) < 4.78 is 4.29. The van der Waals surface area contributed by atoms with Crippen LogP contribution < -0.4 is 5.43 Å².